The van der Waals surface area contributed by atoms with E-state index in [9.17, 15) is 17.6 Å². The highest BCUT2D eigenvalue weighted by atomic mass is 19.4. The predicted molar refractivity (Wildman–Crippen MR) is 47.0 cm³/mol. The monoisotopic (exact) mass is 239 g/mol. The van der Waals surface area contributed by atoms with E-state index in [-0.39, 0.29) is 17.1 Å². The van der Waals surface area contributed by atoms with Gasteiger partial charge in [-0.15, -0.1) is 13.2 Å². The molecule has 0 aliphatic carbocycles. The number of ether oxygens (including phenoxy) is 2. The number of pyridine rings is 1. The van der Waals surface area contributed by atoms with Crippen molar-refractivity contribution in [2.45, 2.75) is 20.0 Å². The van der Waals surface area contributed by atoms with Crippen molar-refractivity contribution in [3.05, 3.63) is 17.3 Å². The summed E-state index contributed by atoms with van der Waals surface area (Å²) in [5, 5.41) is 0. The highest BCUT2D eigenvalue weighted by Gasteiger charge is 2.32. The molecule has 0 fully saturated rings. The first-order chi connectivity index (χ1) is 7.37. The van der Waals surface area contributed by atoms with E-state index < -0.39 is 18.8 Å². The molecule has 1 heterocycles. The van der Waals surface area contributed by atoms with Gasteiger partial charge in [-0.25, -0.2) is 9.37 Å². The van der Waals surface area contributed by atoms with E-state index in [1.807, 2.05) is 0 Å². The molecule has 1 rings (SSSR count). The van der Waals surface area contributed by atoms with Crippen molar-refractivity contribution in [2.75, 3.05) is 7.11 Å². The molecule has 1 aromatic rings. The molecule has 7 heteroatoms. The number of methoxy groups -OCH3 is 1. The van der Waals surface area contributed by atoms with Gasteiger partial charge in [-0.1, -0.05) is 0 Å². The summed E-state index contributed by atoms with van der Waals surface area (Å²) in [5.74, 6) is -0.635. The number of halogens is 4. The SMILES string of the molecule is COc1cc(OC(F)(F)F)c(C)c(CF)n1. The van der Waals surface area contributed by atoms with E-state index in [0.29, 0.717) is 0 Å². The highest BCUT2D eigenvalue weighted by molar-refractivity contribution is 5.39. The molecule has 0 bridgehead atoms. The van der Waals surface area contributed by atoms with E-state index in [2.05, 4.69) is 14.5 Å². The zero-order valence-electron chi connectivity index (χ0n) is 8.56. The minimum absolute atomic E-state index is 0.000579. The normalized spacial score (nSPS) is 11.4. The number of hydrogen-bond donors (Lipinski definition) is 0. The van der Waals surface area contributed by atoms with Crippen LogP contribution in [0.15, 0.2) is 6.07 Å². The minimum atomic E-state index is -4.83. The third-order valence-corrected chi connectivity index (χ3v) is 1.86. The predicted octanol–water partition coefficient (Wildman–Crippen LogP) is 2.77. The standard InChI is InChI=1S/C9H9F4NO2/c1-5-6(4-10)14-8(15-2)3-7(5)16-9(11,12)13/h3H,4H2,1-2H3. The van der Waals surface area contributed by atoms with Gasteiger partial charge in [0.25, 0.3) is 0 Å². The van der Waals surface area contributed by atoms with Crippen molar-refractivity contribution < 1.29 is 27.0 Å². The number of rotatable bonds is 3. The Balaban J connectivity index is 3.16. The van der Waals surface area contributed by atoms with Gasteiger partial charge in [0.1, 0.15) is 12.4 Å². The molecule has 0 aliphatic heterocycles. The maximum Gasteiger partial charge on any atom is 0.573 e. The van der Waals surface area contributed by atoms with Crippen molar-refractivity contribution in [1.82, 2.24) is 4.98 Å². The molecule has 0 saturated carbocycles. The van der Waals surface area contributed by atoms with Gasteiger partial charge in [0.05, 0.1) is 12.8 Å². The molecule has 0 N–H and O–H groups in total. The van der Waals surface area contributed by atoms with Crippen molar-refractivity contribution in [3.8, 4) is 11.6 Å². The third-order valence-electron chi connectivity index (χ3n) is 1.86. The summed E-state index contributed by atoms with van der Waals surface area (Å²) in [6, 6.07) is 0.960. The average molecular weight is 239 g/mol. The Hall–Kier alpha value is -1.53. The Morgan fingerprint density at radius 2 is 2.00 bits per heavy atom. The van der Waals surface area contributed by atoms with Crippen molar-refractivity contribution >= 4 is 0 Å². The Morgan fingerprint density at radius 1 is 1.38 bits per heavy atom. The molecule has 0 amide bonds. The van der Waals surface area contributed by atoms with Crippen LogP contribution in [0.3, 0.4) is 0 Å². The maximum atomic E-state index is 12.5. The van der Waals surface area contributed by atoms with Crippen LogP contribution < -0.4 is 9.47 Å². The Bertz CT molecular complexity index is 379. The van der Waals surface area contributed by atoms with Gasteiger partial charge in [-0.05, 0) is 6.92 Å². The molecule has 3 nitrogen and oxygen atoms in total. The lowest BCUT2D eigenvalue weighted by molar-refractivity contribution is -0.274. The molecule has 0 radical (unpaired) electrons. The van der Waals surface area contributed by atoms with Crippen LogP contribution >= 0.6 is 0 Å². The summed E-state index contributed by atoms with van der Waals surface area (Å²) in [5.41, 5.74) is -0.140. The first-order valence-corrected chi connectivity index (χ1v) is 4.23. The van der Waals surface area contributed by atoms with Crippen LogP contribution in [0.1, 0.15) is 11.3 Å². The topological polar surface area (TPSA) is 31.4 Å². The summed E-state index contributed by atoms with van der Waals surface area (Å²) in [6.45, 7) is 0.305. The second-order valence-electron chi connectivity index (χ2n) is 2.92. The lowest BCUT2D eigenvalue weighted by atomic mass is 10.2. The average Bonchev–Trinajstić information content (AvgIpc) is 2.19. The van der Waals surface area contributed by atoms with Gasteiger partial charge < -0.3 is 9.47 Å². The fraction of sp³-hybridized carbons (Fsp3) is 0.444. The van der Waals surface area contributed by atoms with Crippen LogP contribution in [-0.2, 0) is 6.67 Å². The van der Waals surface area contributed by atoms with Crippen LogP contribution in [0.25, 0.3) is 0 Å². The fourth-order valence-electron chi connectivity index (χ4n) is 1.08. The summed E-state index contributed by atoms with van der Waals surface area (Å²) in [6.07, 6.45) is -4.83. The van der Waals surface area contributed by atoms with Crippen LogP contribution in [0, 0.1) is 6.92 Å². The zero-order chi connectivity index (χ0) is 12.3. The van der Waals surface area contributed by atoms with Gasteiger partial charge in [0.2, 0.25) is 5.88 Å². The van der Waals surface area contributed by atoms with E-state index >= 15 is 0 Å². The lowest BCUT2D eigenvalue weighted by Gasteiger charge is -2.13. The molecule has 1 aromatic heterocycles. The van der Waals surface area contributed by atoms with Gasteiger partial charge in [-0.2, -0.15) is 0 Å². The molecule has 0 unspecified atom stereocenters. The number of alkyl halides is 4. The number of hydrogen-bond acceptors (Lipinski definition) is 3. The second kappa shape index (κ2) is 4.54. The Kier molecular flexibility index (Phi) is 3.56. The fourth-order valence-corrected chi connectivity index (χ4v) is 1.08. The van der Waals surface area contributed by atoms with Crippen molar-refractivity contribution in [3.63, 3.8) is 0 Å². The molecular weight excluding hydrogens is 230 g/mol. The molecule has 0 saturated heterocycles. The van der Waals surface area contributed by atoms with Crippen molar-refractivity contribution in [1.29, 1.82) is 0 Å². The quantitative estimate of drug-likeness (QED) is 0.760. The largest absolute Gasteiger partial charge is 0.573 e. The van der Waals surface area contributed by atoms with Crippen LogP contribution in [0.4, 0.5) is 17.6 Å². The smallest absolute Gasteiger partial charge is 0.481 e. The number of aromatic nitrogens is 1. The number of nitrogens with zero attached hydrogens (tertiary/aromatic N) is 1. The Morgan fingerprint density at radius 3 is 2.44 bits per heavy atom. The first kappa shape index (κ1) is 12.5. The third kappa shape index (κ3) is 2.98. The van der Waals surface area contributed by atoms with E-state index in [4.69, 9.17) is 0 Å². The van der Waals surface area contributed by atoms with Gasteiger partial charge in [0.15, 0.2) is 0 Å². The summed E-state index contributed by atoms with van der Waals surface area (Å²) in [4.78, 5) is 3.66. The van der Waals surface area contributed by atoms with Gasteiger partial charge in [0, 0.05) is 11.6 Å². The van der Waals surface area contributed by atoms with Crippen LogP contribution in [-0.4, -0.2) is 18.5 Å². The minimum Gasteiger partial charge on any atom is -0.481 e. The summed E-state index contributed by atoms with van der Waals surface area (Å²) < 4.78 is 56.9. The molecule has 90 valence electrons. The summed E-state index contributed by atoms with van der Waals surface area (Å²) in [7, 11) is 1.22. The van der Waals surface area contributed by atoms with E-state index in [1.54, 1.807) is 0 Å². The van der Waals surface area contributed by atoms with Crippen LogP contribution in [0.5, 0.6) is 11.6 Å². The maximum absolute atomic E-state index is 12.5. The van der Waals surface area contributed by atoms with Gasteiger partial charge >= 0.3 is 6.36 Å². The second-order valence-corrected chi connectivity index (χ2v) is 2.92. The molecule has 0 spiro atoms. The van der Waals surface area contributed by atoms with E-state index in [1.165, 1.54) is 14.0 Å². The molecule has 0 aromatic carbocycles. The van der Waals surface area contributed by atoms with Gasteiger partial charge in [-0.3, -0.25) is 0 Å². The highest BCUT2D eigenvalue weighted by Crippen LogP contribution is 2.30. The Labute approximate surface area is 89.0 Å². The lowest BCUT2D eigenvalue weighted by Crippen LogP contribution is -2.18. The van der Waals surface area contributed by atoms with Crippen LogP contribution in [0.2, 0.25) is 0 Å². The first-order valence-electron chi connectivity index (χ1n) is 4.23. The molecule has 0 atom stereocenters. The molecular formula is C9H9F4NO2. The summed E-state index contributed by atoms with van der Waals surface area (Å²) >= 11 is 0. The molecule has 0 aliphatic rings. The van der Waals surface area contributed by atoms with E-state index in [0.717, 1.165) is 6.07 Å². The molecule has 16 heavy (non-hydrogen) atoms. The van der Waals surface area contributed by atoms with Crippen molar-refractivity contribution in [2.24, 2.45) is 0 Å². The zero-order valence-corrected chi connectivity index (χ0v) is 8.56.